The van der Waals surface area contributed by atoms with Crippen LogP contribution in [-0.4, -0.2) is 26.8 Å². The molecule has 1 heterocycles. The lowest BCUT2D eigenvalue weighted by molar-refractivity contribution is -0.137. The van der Waals surface area contributed by atoms with Gasteiger partial charge in [0.15, 0.2) is 17.5 Å². The standard InChI is InChI=1S/C24H22F5N3O3/c1-32-12-16(22(31-32)23(28)29)24(35)30-19-8-7-13(5-3-2-4-6-20(33)34)9-15(19)14-10-17(25)21(27)18(26)11-14/h7-12,23H,2-6H2,1H3,(H,30,35)(H,33,34). The van der Waals surface area contributed by atoms with Gasteiger partial charge in [0.25, 0.3) is 12.3 Å². The second kappa shape index (κ2) is 11.1. The maximum atomic E-state index is 13.9. The Morgan fingerprint density at radius 1 is 1.06 bits per heavy atom. The molecule has 0 aliphatic heterocycles. The molecule has 2 N–H and O–H groups in total. The fourth-order valence-corrected chi connectivity index (χ4v) is 3.62. The first kappa shape index (κ1) is 25.9. The number of aromatic nitrogens is 2. The predicted molar refractivity (Wildman–Crippen MR) is 118 cm³/mol. The van der Waals surface area contributed by atoms with Crippen LogP contribution in [0.5, 0.6) is 0 Å². The van der Waals surface area contributed by atoms with Crippen molar-refractivity contribution in [2.45, 2.75) is 38.5 Å². The van der Waals surface area contributed by atoms with Gasteiger partial charge in [-0.05, 0) is 54.7 Å². The van der Waals surface area contributed by atoms with E-state index >= 15 is 0 Å². The summed E-state index contributed by atoms with van der Waals surface area (Å²) in [5, 5.41) is 14.8. The molecule has 0 aliphatic rings. The number of anilines is 1. The van der Waals surface area contributed by atoms with Gasteiger partial charge in [-0.1, -0.05) is 12.5 Å². The highest BCUT2D eigenvalue weighted by molar-refractivity contribution is 6.07. The zero-order valence-corrected chi connectivity index (χ0v) is 18.6. The number of carbonyl (C=O) groups excluding carboxylic acids is 1. The summed E-state index contributed by atoms with van der Waals surface area (Å²) in [6, 6.07) is 6.20. The highest BCUT2D eigenvalue weighted by Crippen LogP contribution is 2.33. The molecule has 186 valence electrons. The van der Waals surface area contributed by atoms with Gasteiger partial charge < -0.3 is 10.4 Å². The number of benzene rings is 2. The van der Waals surface area contributed by atoms with Crippen LogP contribution >= 0.6 is 0 Å². The van der Waals surface area contributed by atoms with Crippen LogP contribution in [0.2, 0.25) is 0 Å². The third-order valence-electron chi connectivity index (χ3n) is 5.29. The summed E-state index contributed by atoms with van der Waals surface area (Å²) in [5.41, 5.74) is -0.214. The Kier molecular flexibility index (Phi) is 8.21. The van der Waals surface area contributed by atoms with E-state index in [1.165, 1.54) is 13.1 Å². The highest BCUT2D eigenvalue weighted by Gasteiger charge is 2.24. The van der Waals surface area contributed by atoms with E-state index in [-0.39, 0.29) is 28.8 Å². The Hall–Kier alpha value is -3.76. The first-order chi connectivity index (χ1) is 16.6. The van der Waals surface area contributed by atoms with Crippen molar-refractivity contribution in [1.29, 1.82) is 0 Å². The summed E-state index contributed by atoms with van der Waals surface area (Å²) in [7, 11) is 1.38. The van der Waals surface area contributed by atoms with Crippen LogP contribution in [0.25, 0.3) is 11.1 Å². The molecule has 11 heteroatoms. The molecule has 0 spiro atoms. The Balaban J connectivity index is 1.93. The van der Waals surface area contributed by atoms with E-state index in [0.717, 1.165) is 23.0 Å². The molecule has 2 aromatic carbocycles. The molecule has 0 fully saturated rings. The van der Waals surface area contributed by atoms with Crippen molar-refractivity contribution in [1.82, 2.24) is 9.78 Å². The van der Waals surface area contributed by atoms with Crippen LogP contribution in [-0.2, 0) is 18.3 Å². The number of unbranched alkanes of at least 4 members (excludes halogenated alkanes) is 2. The number of aliphatic carboxylic acids is 1. The summed E-state index contributed by atoms with van der Waals surface area (Å²) < 4.78 is 69.0. The number of carboxylic acids is 1. The van der Waals surface area contributed by atoms with Gasteiger partial charge in [-0.25, -0.2) is 22.0 Å². The smallest absolute Gasteiger partial charge is 0.303 e. The molecule has 0 atom stereocenters. The molecule has 0 bridgehead atoms. The fraction of sp³-hybridized carbons (Fsp3) is 0.292. The number of carboxylic acid groups (broad SMARTS) is 1. The SMILES string of the molecule is Cn1cc(C(=O)Nc2ccc(CCCCCC(=O)O)cc2-c2cc(F)c(F)c(F)c2)c(C(F)F)n1. The highest BCUT2D eigenvalue weighted by atomic mass is 19.3. The topological polar surface area (TPSA) is 84.2 Å². The number of hydrogen-bond acceptors (Lipinski definition) is 3. The van der Waals surface area contributed by atoms with Crippen LogP contribution in [0.4, 0.5) is 27.6 Å². The number of aryl methyl sites for hydroxylation is 2. The van der Waals surface area contributed by atoms with Crippen molar-refractivity contribution in [3.05, 3.63) is 70.8 Å². The quantitative estimate of drug-likeness (QED) is 0.209. The van der Waals surface area contributed by atoms with Crippen molar-refractivity contribution in [3.8, 4) is 11.1 Å². The Bertz CT molecular complexity index is 1220. The van der Waals surface area contributed by atoms with Crippen LogP contribution in [0.15, 0.2) is 36.5 Å². The molecular weight excluding hydrogens is 473 g/mol. The minimum atomic E-state index is -3.00. The Morgan fingerprint density at radius 3 is 2.37 bits per heavy atom. The minimum Gasteiger partial charge on any atom is -0.481 e. The summed E-state index contributed by atoms with van der Waals surface area (Å²) >= 11 is 0. The molecule has 1 amide bonds. The monoisotopic (exact) mass is 495 g/mol. The first-order valence-corrected chi connectivity index (χ1v) is 10.7. The number of hydrogen-bond donors (Lipinski definition) is 2. The van der Waals surface area contributed by atoms with Crippen LogP contribution in [0.3, 0.4) is 0 Å². The van der Waals surface area contributed by atoms with Gasteiger partial charge in [0.05, 0.1) is 5.56 Å². The molecule has 3 rings (SSSR count). The van der Waals surface area contributed by atoms with Crippen molar-refractivity contribution in [2.75, 3.05) is 5.32 Å². The fourth-order valence-electron chi connectivity index (χ4n) is 3.62. The largest absolute Gasteiger partial charge is 0.481 e. The summed E-state index contributed by atoms with van der Waals surface area (Å²) in [5.74, 6) is -6.30. The third kappa shape index (κ3) is 6.43. The lowest BCUT2D eigenvalue weighted by atomic mass is 9.97. The van der Waals surface area contributed by atoms with E-state index in [4.69, 9.17) is 5.11 Å². The maximum Gasteiger partial charge on any atom is 0.303 e. The molecule has 0 radical (unpaired) electrons. The Morgan fingerprint density at radius 2 is 1.74 bits per heavy atom. The molecule has 6 nitrogen and oxygen atoms in total. The molecular formula is C24H22F5N3O3. The van der Waals surface area contributed by atoms with Gasteiger partial charge in [-0.2, -0.15) is 5.10 Å². The van der Waals surface area contributed by atoms with E-state index in [0.29, 0.717) is 31.2 Å². The van der Waals surface area contributed by atoms with Crippen LogP contribution in [0.1, 0.15) is 53.7 Å². The number of amides is 1. The van der Waals surface area contributed by atoms with Crippen molar-refractivity contribution in [2.24, 2.45) is 7.05 Å². The summed E-state index contributed by atoms with van der Waals surface area (Å²) in [4.78, 5) is 23.4. The van der Waals surface area contributed by atoms with Crippen molar-refractivity contribution >= 4 is 17.6 Å². The molecule has 35 heavy (non-hydrogen) atoms. The number of alkyl halides is 2. The van der Waals surface area contributed by atoms with Crippen molar-refractivity contribution < 1.29 is 36.6 Å². The zero-order chi connectivity index (χ0) is 25.7. The number of carbonyl (C=O) groups is 2. The first-order valence-electron chi connectivity index (χ1n) is 10.7. The minimum absolute atomic E-state index is 0.0410. The molecule has 0 saturated carbocycles. The average Bonchev–Trinajstić information content (AvgIpc) is 3.19. The number of rotatable bonds is 10. The third-order valence-corrected chi connectivity index (χ3v) is 5.29. The van der Waals surface area contributed by atoms with Gasteiger partial charge in [0.2, 0.25) is 0 Å². The number of nitrogens with zero attached hydrogens (tertiary/aromatic N) is 2. The lowest BCUT2D eigenvalue weighted by Gasteiger charge is -2.14. The molecule has 0 unspecified atom stereocenters. The second-order valence-corrected chi connectivity index (χ2v) is 7.94. The van der Waals surface area contributed by atoms with Crippen LogP contribution < -0.4 is 5.32 Å². The van der Waals surface area contributed by atoms with Gasteiger partial charge in [0, 0.05) is 30.9 Å². The van der Waals surface area contributed by atoms with E-state index in [1.54, 1.807) is 12.1 Å². The van der Waals surface area contributed by atoms with Gasteiger partial charge in [-0.15, -0.1) is 0 Å². The molecule has 0 aliphatic carbocycles. The number of halogens is 5. The van der Waals surface area contributed by atoms with Gasteiger partial charge in [0.1, 0.15) is 5.69 Å². The second-order valence-electron chi connectivity index (χ2n) is 7.94. The van der Waals surface area contributed by atoms with E-state index in [2.05, 4.69) is 10.4 Å². The molecule has 1 aromatic heterocycles. The Labute approximate surface area is 197 Å². The van der Waals surface area contributed by atoms with Crippen LogP contribution in [0, 0.1) is 17.5 Å². The van der Waals surface area contributed by atoms with Gasteiger partial charge >= 0.3 is 5.97 Å². The summed E-state index contributed by atoms with van der Waals surface area (Å²) in [6.07, 6.45) is 0.432. The van der Waals surface area contributed by atoms with E-state index in [1.807, 2.05) is 0 Å². The maximum absolute atomic E-state index is 13.9. The molecule has 0 saturated heterocycles. The normalized spacial score (nSPS) is 11.2. The summed E-state index contributed by atoms with van der Waals surface area (Å²) in [6.45, 7) is 0. The average molecular weight is 495 g/mol. The van der Waals surface area contributed by atoms with E-state index in [9.17, 15) is 31.5 Å². The molecule has 3 aromatic rings. The van der Waals surface area contributed by atoms with Gasteiger partial charge in [-0.3, -0.25) is 14.3 Å². The zero-order valence-electron chi connectivity index (χ0n) is 18.6. The lowest BCUT2D eigenvalue weighted by Crippen LogP contribution is -2.14. The number of nitrogens with one attached hydrogen (secondary N) is 1. The van der Waals surface area contributed by atoms with E-state index < -0.39 is 41.4 Å². The van der Waals surface area contributed by atoms with Crippen molar-refractivity contribution in [3.63, 3.8) is 0 Å². The predicted octanol–water partition coefficient (Wildman–Crippen LogP) is 5.88.